The first-order valence-corrected chi connectivity index (χ1v) is 8.27. The number of thiophene rings is 2. The highest BCUT2D eigenvalue weighted by Gasteiger charge is 2.18. The van der Waals surface area contributed by atoms with E-state index < -0.39 is 0 Å². The zero-order chi connectivity index (χ0) is 13.4. The lowest BCUT2D eigenvalue weighted by atomic mass is 10.1. The van der Waals surface area contributed by atoms with Gasteiger partial charge in [0.2, 0.25) is 0 Å². The summed E-state index contributed by atoms with van der Waals surface area (Å²) in [4.78, 5) is 2.45. The second-order valence-electron chi connectivity index (χ2n) is 4.19. The Bertz CT molecular complexity index is 719. The summed E-state index contributed by atoms with van der Waals surface area (Å²) in [5, 5.41) is 6.37. The first-order chi connectivity index (χ1) is 9.19. The Morgan fingerprint density at radius 3 is 2.79 bits per heavy atom. The quantitative estimate of drug-likeness (QED) is 0.682. The third-order valence-corrected chi connectivity index (χ3v) is 6.09. The van der Waals surface area contributed by atoms with E-state index in [4.69, 9.17) is 0 Å². The summed E-state index contributed by atoms with van der Waals surface area (Å²) in [5.41, 5.74) is 0. The average Bonchev–Trinajstić information content (AvgIpc) is 2.97. The number of hydrogen-bond acceptors (Lipinski definition) is 3. The second kappa shape index (κ2) is 5.32. The molecular weight excluding hydrogens is 345 g/mol. The first kappa shape index (κ1) is 13.2. The Kier molecular flexibility index (Phi) is 3.71. The molecule has 1 nitrogen and oxygen atoms in total. The number of rotatable bonds is 3. The molecule has 2 aromatic heterocycles. The highest BCUT2D eigenvalue weighted by molar-refractivity contribution is 9.10. The monoisotopic (exact) mass is 355 g/mol. The zero-order valence-electron chi connectivity index (χ0n) is 10.1. The number of fused-ring (bicyclic) bond motifs is 1. The molecule has 0 aliphatic heterocycles. The normalized spacial score (nSPS) is 13.0. The second-order valence-corrected chi connectivity index (χ2v) is 7.10. The smallest absolute Gasteiger partial charge is 0.123 e. The van der Waals surface area contributed by atoms with Crippen molar-refractivity contribution in [3.63, 3.8) is 0 Å². The van der Waals surface area contributed by atoms with Crippen LogP contribution in [0, 0.1) is 5.82 Å². The molecule has 3 aromatic rings. The summed E-state index contributed by atoms with van der Waals surface area (Å²) in [7, 11) is 1.95. The largest absolute Gasteiger partial charge is 0.308 e. The van der Waals surface area contributed by atoms with Crippen molar-refractivity contribution in [2.45, 2.75) is 6.04 Å². The van der Waals surface area contributed by atoms with Crippen molar-refractivity contribution in [3.05, 3.63) is 55.8 Å². The molecule has 1 unspecified atom stereocenters. The lowest BCUT2D eigenvalue weighted by Gasteiger charge is -2.13. The van der Waals surface area contributed by atoms with Crippen LogP contribution in [0.3, 0.4) is 0 Å². The Balaban J connectivity index is 2.09. The van der Waals surface area contributed by atoms with Crippen LogP contribution in [0.5, 0.6) is 0 Å². The van der Waals surface area contributed by atoms with Gasteiger partial charge in [0.15, 0.2) is 0 Å². The van der Waals surface area contributed by atoms with Crippen molar-refractivity contribution >= 4 is 48.7 Å². The molecule has 0 saturated carbocycles. The van der Waals surface area contributed by atoms with E-state index >= 15 is 0 Å². The van der Waals surface area contributed by atoms with E-state index in [1.807, 2.05) is 13.1 Å². The van der Waals surface area contributed by atoms with Crippen LogP contribution in [-0.4, -0.2) is 7.05 Å². The minimum absolute atomic E-state index is 0.148. The molecule has 0 radical (unpaired) electrons. The molecule has 3 rings (SSSR count). The van der Waals surface area contributed by atoms with Gasteiger partial charge in [-0.2, -0.15) is 0 Å². The molecule has 1 atom stereocenters. The van der Waals surface area contributed by atoms with Crippen LogP contribution < -0.4 is 5.32 Å². The van der Waals surface area contributed by atoms with Gasteiger partial charge in [-0.25, -0.2) is 4.39 Å². The van der Waals surface area contributed by atoms with Gasteiger partial charge in [-0.05, 0) is 64.1 Å². The van der Waals surface area contributed by atoms with E-state index in [2.05, 4.69) is 38.8 Å². The molecule has 0 saturated heterocycles. The van der Waals surface area contributed by atoms with Gasteiger partial charge in [-0.15, -0.1) is 22.7 Å². The maximum atomic E-state index is 13.2. The van der Waals surface area contributed by atoms with Gasteiger partial charge < -0.3 is 5.32 Å². The van der Waals surface area contributed by atoms with Gasteiger partial charge in [0.25, 0.3) is 0 Å². The summed E-state index contributed by atoms with van der Waals surface area (Å²) in [5.74, 6) is -0.185. The van der Waals surface area contributed by atoms with Gasteiger partial charge in [0.1, 0.15) is 5.82 Å². The summed E-state index contributed by atoms with van der Waals surface area (Å²) in [6.45, 7) is 0. The van der Waals surface area contributed by atoms with E-state index in [0.717, 1.165) is 14.6 Å². The van der Waals surface area contributed by atoms with E-state index in [9.17, 15) is 4.39 Å². The van der Waals surface area contributed by atoms with Crippen LogP contribution in [0.15, 0.2) is 40.2 Å². The highest BCUT2D eigenvalue weighted by Crippen LogP contribution is 2.38. The molecule has 2 heterocycles. The fourth-order valence-corrected chi connectivity index (χ4v) is 5.06. The van der Waals surface area contributed by atoms with Crippen LogP contribution in [-0.2, 0) is 0 Å². The van der Waals surface area contributed by atoms with Crippen LogP contribution in [0.2, 0.25) is 0 Å². The number of halogens is 2. The standard InChI is InChI=1S/C14H11BrFNS2/c1-17-13(14-10(15)4-5-18-14)12-7-8-6-9(16)2-3-11(8)19-12/h2-7,13,17H,1H3. The number of hydrogen-bond donors (Lipinski definition) is 1. The Morgan fingerprint density at radius 1 is 1.26 bits per heavy atom. The zero-order valence-corrected chi connectivity index (χ0v) is 13.3. The number of nitrogens with one attached hydrogen (secondary N) is 1. The summed E-state index contributed by atoms with van der Waals surface area (Å²) in [6, 6.07) is 9.21. The molecule has 0 bridgehead atoms. The van der Waals surface area contributed by atoms with Crippen molar-refractivity contribution in [1.82, 2.24) is 5.32 Å². The molecule has 1 N–H and O–H groups in total. The minimum atomic E-state index is -0.185. The van der Waals surface area contributed by atoms with E-state index in [1.54, 1.807) is 28.7 Å². The third-order valence-electron chi connectivity index (χ3n) is 2.98. The molecule has 98 valence electrons. The number of benzene rings is 1. The molecule has 0 aliphatic rings. The highest BCUT2D eigenvalue weighted by atomic mass is 79.9. The van der Waals surface area contributed by atoms with E-state index in [0.29, 0.717) is 0 Å². The predicted octanol–water partition coefficient (Wildman–Crippen LogP) is 5.17. The molecule has 0 amide bonds. The van der Waals surface area contributed by atoms with Crippen molar-refractivity contribution in [1.29, 1.82) is 0 Å². The Morgan fingerprint density at radius 2 is 2.11 bits per heavy atom. The van der Waals surface area contributed by atoms with Gasteiger partial charge in [-0.1, -0.05) is 0 Å². The SMILES string of the molecule is CNC(c1cc2cc(F)ccc2s1)c1sccc1Br. The molecule has 0 spiro atoms. The fourth-order valence-electron chi connectivity index (χ4n) is 2.09. The van der Waals surface area contributed by atoms with Gasteiger partial charge in [0, 0.05) is 18.9 Å². The molecule has 19 heavy (non-hydrogen) atoms. The van der Waals surface area contributed by atoms with Gasteiger partial charge >= 0.3 is 0 Å². The molecule has 0 aliphatic carbocycles. The summed E-state index contributed by atoms with van der Waals surface area (Å²) < 4.78 is 15.5. The molecule has 5 heteroatoms. The summed E-state index contributed by atoms with van der Waals surface area (Å²) >= 11 is 6.99. The maximum absolute atomic E-state index is 13.2. The van der Waals surface area contributed by atoms with Crippen molar-refractivity contribution in [3.8, 4) is 0 Å². The van der Waals surface area contributed by atoms with E-state index in [-0.39, 0.29) is 11.9 Å². The Hall–Kier alpha value is -0.750. The lowest BCUT2D eigenvalue weighted by Crippen LogP contribution is -2.15. The maximum Gasteiger partial charge on any atom is 0.123 e. The van der Waals surface area contributed by atoms with E-state index in [1.165, 1.54) is 15.8 Å². The molecular formula is C14H11BrFNS2. The minimum Gasteiger partial charge on any atom is -0.308 e. The van der Waals surface area contributed by atoms with Gasteiger partial charge in [-0.3, -0.25) is 0 Å². The Labute approximate surface area is 127 Å². The van der Waals surface area contributed by atoms with Crippen molar-refractivity contribution < 1.29 is 4.39 Å². The topological polar surface area (TPSA) is 12.0 Å². The lowest BCUT2D eigenvalue weighted by molar-refractivity contribution is 0.630. The van der Waals surface area contributed by atoms with Crippen LogP contribution >= 0.6 is 38.6 Å². The fraction of sp³-hybridized carbons (Fsp3) is 0.143. The van der Waals surface area contributed by atoms with Gasteiger partial charge in [0.05, 0.1) is 6.04 Å². The van der Waals surface area contributed by atoms with Crippen LogP contribution in [0.1, 0.15) is 15.8 Å². The first-order valence-electron chi connectivity index (χ1n) is 5.78. The molecule has 0 fully saturated rings. The van der Waals surface area contributed by atoms with Crippen molar-refractivity contribution in [2.24, 2.45) is 0 Å². The molecule has 1 aromatic carbocycles. The average molecular weight is 356 g/mol. The van der Waals surface area contributed by atoms with Crippen LogP contribution in [0.4, 0.5) is 4.39 Å². The summed E-state index contributed by atoms with van der Waals surface area (Å²) in [6.07, 6.45) is 0. The predicted molar refractivity (Wildman–Crippen MR) is 84.7 cm³/mol. The van der Waals surface area contributed by atoms with Crippen LogP contribution in [0.25, 0.3) is 10.1 Å². The third kappa shape index (κ3) is 2.48. The van der Waals surface area contributed by atoms with Crippen molar-refractivity contribution in [2.75, 3.05) is 7.05 Å².